The number of amides is 1. The maximum Gasteiger partial charge on any atom is 0.435 e. The minimum Gasteiger partial charge on any atom is -0.354 e. The highest BCUT2D eigenvalue weighted by Gasteiger charge is 2.49. The van der Waals surface area contributed by atoms with Crippen LogP contribution in [0.3, 0.4) is 0 Å². The van der Waals surface area contributed by atoms with E-state index in [1.165, 1.54) is 18.7 Å². The fourth-order valence-corrected chi connectivity index (χ4v) is 6.31. The van der Waals surface area contributed by atoms with Gasteiger partial charge in [-0.25, -0.2) is 9.97 Å². The summed E-state index contributed by atoms with van der Waals surface area (Å²) in [4.78, 5) is 27.4. The Hall–Kier alpha value is -2.92. The lowest BCUT2D eigenvalue weighted by Crippen LogP contribution is -2.53. The van der Waals surface area contributed by atoms with Crippen LogP contribution in [0.5, 0.6) is 0 Å². The number of rotatable bonds is 4. The standard InChI is InChI=1S/C27H36F3N7O/c1-20(38)35-13-15-36(16-14-35)24-31-17-22(23(33-24)27(28,29)30)37-18-25(32-19-37)9-11-26(12-10-25,34(2)3)21-7-5-4-6-8-21/h4-8,17,32H,9-16,18-19H2,1-3H3. The molecule has 1 N–H and O–H groups in total. The molecule has 11 heteroatoms. The van der Waals surface area contributed by atoms with Crippen LogP contribution in [0.1, 0.15) is 43.9 Å². The van der Waals surface area contributed by atoms with Gasteiger partial charge in [-0.15, -0.1) is 0 Å². The second kappa shape index (κ2) is 10.00. The van der Waals surface area contributed by atoms with Crippen LogP contribution in [0.25, 0.3) is 0 Å². The average molecular weight is 532 g/mol. The highest BCUT2D eigenvalue weighted by Crippen LogP contribution is 2.47. The molecule has 3 aliphatic rings. The first-order valence-electron chi connectivity index (χ1n) is 13.2. The maximum atomic E-state index is 14.2. The van der Waals surface area contributed by atoms with Crippen molar-refractivity contribution >= 4 is 17.5 Å². The topological polar surface area (TPSA) is 67.8 Å². The van der Waals surface area contributed by atoms with Crippen molar-refractivity contribution < 1.29 is 18.0 Å². The molecule has 1 spiro atoms. The molecule has 2 aromatic rings. The average Bonchev–Trinajstić information content (AvgIpc) is 3.32. The van der Waals surface area contributed by atoms with Crippen molar-refractivity contribution in [1.82, 2.24) is 25.1 Å². The summed E-state index contributed by atoms with van der Waals surface area (Å²) in [5.41, 5.74) is 0.0511. The van der Waals surface area contributed by atoms with Crippen LogP contribution in [0, 0.1) is 0 Å². The quantitative estimate of drug-likeness (QED) is 0.650. The minimum atomic E-state index is -4.61. The number of aromatic nitrogens is 2. The number of hydrogen-bond donors (Lipinski definition) is 1. The summed E-state index contributed by atoms with van der Waals surface area (Å²) in [5, 5.41) is 3.56. The van der Waals surface area contributed by atoms with Crippen molar-refractivity contribution in [2.45, 2.75) is 49.9 Å². The van der Waals surface area contributed by atoms with Crippen molar-refractivity contribution in [2.24, 2.45) is 0 Å². The van der Waals surface area contributed by atoms with Gasteiger partial charge in [-0.05, 0) is 45.3 Å². The second-order valence-corrected chi connectivity index (χ2v) is 11.0. The molecule has 2 saturated heterocycles. The highest BCUT2D eigenvalue weighted by atomic mass is 19.4. The van der Waals surface area contributed by atoms with Gasteiger partial charge in [0.15, 0.2) is 5.69 Å². The molecule has 206 valence electrons. The third-order valence-electron chi connectivity index (χ3n) is 8.71. The molecule has 1 aromatic heterocycles. The third kappa shape index (κ3) is 4.93. The summed E-state index contributed by atoms with van der Waals surface area (Å²) in [6.45, 7) is 3.99. The molecule has 2 aliphatic heterocycles. The number of hydrogen-bond acceptors (Lipinski definition) is 7. The molecule has 8 nitrogen and oxygen atoms in total. The lowest BCUT2D eigenvalue weighted by Gasteiger charge is -2.49. The van der Waals surface area contributed by atoms with E-state index in [4.69, 9.17) is 0 Å². The van der Waals surface area contributed by atoms with E-state index in [2.05, 4.69) is 58.5 Å². The van der Waals surface area contributed by atoms with E-state index in [0.29, 0.717) is 39.4 Å². The summed E-state index contributed by atoms with van der Waals surface area (Å²) in [6, 6.07) is 10.5. The van der Waals surface area contributed by atoms with Gasteiger partial charge in [0.05, 0.1) is 18.6 Å². The summed E-state index contributed by atoms with van der Waals surface area (Å²) in [5.74, 6) is 0.0177. The third-order valence-corrected chi connectivity index (χ3v) is 8.71. The summed E-state index contributed by atoms with van der Waals surface area (Å²) in [7, 11) is 4.21. The Bertz CT molecular complexity index is 1140. The largest absolute Gasteiger partial charge is 0.435 e. The van der Waals surface area contributed by atoms with Crippen LogP contribution in [0.4, 0.5) is 24.8 Å². The van der Waals surface area contributed by atoms with E-state index in [9.17, 15) is 18.0 Å². The van der Waals surface area contributed by atoms with E-state index >= 15 is 0 Å². The van der Waals surface area contributed by atoms with Crippen LogP contribution in [0.2, 0.25) is 0 Å². The van der Waals surface area contributed by atoms with Crippen molar-refractivity contribution in [3.05, 3.63) is 47.8 Å². The van der Waals surface area contributed by atoms with Crippen LogP contribution in [-0.4, -0.2) is 84.7 Å². The Morgan fingerprint density at radius 3 is 2.24 bits per heavy atom. The van der Waals surface area contributed by atoms with E-state index < -0.39 is 11.9 Å². The van der Waals surface area contributed by atoms with Gasteiger partial charge >= 0.3 is 6.18 Å². The Labute approximate surface area is 221 Å². The predicted molar refractivity (Wildman–Crippen MR) is 140 cm³/mol. The highest BCUT2D eigenvalue weighted by molar-refractivity contribution is 5.73. The molecule has 5 rings (SSSR count). The minimum absolute atomic E-state index is 0.0144. The van der Waals surface area contributed by atoms with E-state index in [1.54, 1.807) is 14.7 Å². The molecular weight excluding hydrogens is 495 g/mol. The molecule has 1 aliphatic carbocycles. The van der Waals surface area contributed by atoms with Crippen molar-refractivity contribution in [2.75, 3.05) is 63.3 Å². The first-order chi connectivity index (χ1) is 18.0. The monoisotopic (exact) mass is 531 g/mol. The molecule has 1 aromatic carbocycles. The second-order valence-electron chi connectivity index (χ2n) is 11.0. The molecule has 0 unspecified atom stereocenters. The first kappa shape index (κ1) is 26.7. The SMILES string of the molecule is CC(=O)N1CCN(c2ncc(N3CNC4(CCC(c5ccccc5)(N(C)C)CC4)C3)c(C(F)(F)F)n2)CC1. The zero-order chi connectivity index (χ0) is 27.1. The fraction of sp³-hybridized carbons (Fsp3) is 0.593. The molecule has 0 atom stereocenters. The number of benzene rings is 1. The number of carbonyl (C=O) groups is 1. The van der Waals surface area contributed by atoms with Crippen molar-refractivity contribution in [3.63, 3.8) is 0 Å². The molecular formula is C27H36F3N7O. The summed E-state index contributed by atoms with van der Waals surface area (Å²) >= 11 is 0. The Morgan fingerprint density at radius 1 is 1.00 bits per heavy atom. The van der Waals surface area contributed by atoms with Gasteiger partial charge in [0.1, 0.15) is 0 Å². The summed E-state index contributed by atoms with van der Waals surface area (Å²) < 4.78 is 42.6. The van der Waals surface area contributed by atoms with Crippen LogP contribution in [0.15, 0.2) is 36.5 Å². The fourth-order valence-electron chi connectivity index (χ4n) is 6.31. The van der Waals surface area contributed by atoms with Gasteiger partial charge in [-0.1, -0.05) is 30.3 Å². The molecule has 0 bridgehead atoms. The maximum absolute atomic E-state index is 14.2. The van der Waals surface area contributed by atoms with Crippen LogP contribution < -0.4 is 15.1 Å². The van der Waals surface area contributed by atoms with Gasteiger partial charge in [0, 0.05) is 50.7 Å². The molecule has 0 radical (unpaired) electrons. The Kier molecular flexibility index (Phi) is 7.02. The molecule has 1 saturated carbocycles. The smallest absolute Gasteiger partial charge is 0.354 e. The van der Waals surface area contributed by atoms with E-state index in [-0.39, 0.29) is 28.6 Å². The molecule has 3 heterocycles. The predicted octanol–water partition coefficient (Wildman–Crippen LogP) is 3.30. The van der Waals surface area contributed by atoms with E-state index in [0.717, 1.165) is 25.7 Å². The summed E-state index contributed by atoms with van der Waals surface area (Å²) in [6.07, 6.45) is 0.260. The molecule has 3 fully saturated rings. The number of piperazine rings is 1. The van der Waals surface area contributed by atoms with Gasteiger partial charge < -0.3 is 14.7 Å². The Morgan fingerprint density at radius 2 is 1.66 bits per heavy atom. The number of nitrogens with zero attached hydrogens (tertiary/aromatic N) is 6. The van der Waals surface area contributed by atoms with Gasteiger partial charge in [0.2, 0.25) is 11.9 Å². The normalized spacial score (nSPS) is 26.4. The number of anilines is 2. The first-order valence-corrected chi connectivity index (χ1v) is 13.2. The lowest BCUT2D eigenvalue weighted by atomic mass is 9.69. The number of nitrogens with one attached hydrogen (secondary N) is 1. The lowest BCUT2D eigenvalue weighted by molar-refractivity contribution is -0.140. The zero-order valence-corrected chi connectivity index (χ0v) is 22.3. The van der Waals surface area contributed by atoms with E-state index in [1.807, 2.05) is 6.07 Å². The number of alkyl halides is 3. The number of carbonyl (C=O) groups excluding carboxylic acids is 1. The van der Waals surface area contributed by atoms with Gasteiger partial charge in [-0.2, -0.15) is 13.2 Å². The molecule has 38 heavy (non-hydrogen) atoms. The van der Waals surface area contributed by atoms with Crippen molar-refractivity contribution in [1.29, 1.82) is 0 Å². The number of halogens is 3. The zero-order valence-electron chi connectivity index (χ0n) is 22.3. The Balaban J connectivity index is 1.33. The van der Waals surface area contributed by atoms with Crippen LogP contribution >= 0.6 is 0 Å². The van der Waals surface area contributed by atoms with Gasteiger partial charge in [-0.3, -0.25) is 15.0 Å². The molecule has 1 amide bonds. The van der Waals surface area contributed by atoms with Gasteiger partial charge in [0.25, 0.3) is 0 Å². The van der Waals surface area contributed by atoms with Crippen LogP contribution in [-0.2, 0) is 16.5 Å². The van der Waals surface area contributed by atoms with Crippen molar-refractivity contribution in [3.8, 4) is 0 Å².